The van der Waals surface area contributed by atoms with Gasteiger partial charge in [0.1, 0.15) is 11.5 Å². The number of rotatable bonds is 4. The minimum atomic E-state index is -4.76. The fourth-order valence-electron chi connectivity index (χ4n) is 1.72. The minimum Gasteiger partial charge on any atom is -0.508 e. The lowest BCUT2D eigenvalue weighted by molar-refractivity contribution is -0.274. The molecule has 0 fully saturated rings. The van der Waals surface area contributed by atoms with Gasteiger partial charge in [0.05, 0.1) is 0 Å². The van der Waals surface area contributed by atoms with Gasteiger partial charge in [-0.2, -0.15) is 0 Å². The van der Waals surface area contributed by atoms with E-state index in [4.69, 9.17) is 0 Å². The summed E-state index contributed by atoms with van der Waals surface area (Å²) >= 11 is 0. The topological polar surface area (TPSA) is 46.5 Å². The molecule has 0 aliphatic carbocycles. The maximum atomic E-state index is 12.0. The van der Waals surface area contributed by atoms with E-state index >= 15 is 0 Å². The van der Waals surface area contributed by atoms with Crippen LogP contribution >= 0.6 is 0 Å². The Morgan fingerprint density at radius 3 is 2.36 bits per heavy atom. The van der Waals surface area contributed by atoms with Gasteiger partial charge in [-0.1, -0.05) is 18.2 Å². The van der Waals surface area contributed by atoms with E-state index in [1.807, 2.05) is 0 Å². The molecule has 0 unspecified atom stereocenters. The van der Waals surface area contributed by atoms with Gasteiger partial charge < -0.3 is 9.84 Å². The molecule has 0 saturated carbocycles. The molecular weight excluding hydrogens is 297 g/mol. The Bertz CT molecular complexity index is 689. The van der Waals surface area contributed by atoms with E-state index in [-0.39, 0.29) is 22.8 Å². The molecule has 0 aromatic heterocycles. The van der Waals surface area contributed by atoms with E-state index in [9.17, 15) is 23.1 Å². The molecule has 0 spiro atoms. The number of hydrogen-bond acceptors (Lipinski definition) is 3. The molecule has 6 heteroatoms. The highest BCUT2D eigenvalue weighted by atomic mass is 19.4. The van der Waals surface area contributed by atoms with Crippen LogP contribution in [-0.4, -0.2) is 17.3 Å². The number of ether oxygens (including phenoxy) is 1. The lowest BCUT2D eigenvalue weighted by Gasteiger charge is -2.08. The van der Waals surface area contributed by atoms with Crippen LogP contribution in [0.25, 0.3) is 6.08 Å². The zero-order chi connectivity index (χ0) is 16.2. The maximum Gasteiger partial charge on any atom is 0.573 e. The first kappa shape index (κ1) is 15.6. The highest BCUT2D eigenvalue weighted by molar-refractivity contribution is 6.06. The van der Waals surface area contributed by atoms with E-state index in [1.165, 1.54) is 36.4 Å². The number of phenols is 1. The van der Waals surface area contributed by atoms with Crippen molar-refractivity contribution >= 4 is 11.9 Å². The lowest BCUT2D eigenvalue weighted by Crippen LogP contribution is -2.17. The highest BCUT2D eigenvalue weighted by Gasteiger charge is 2.30. The van der Waals surface area contributed by atoms with Gasteiger partial charge >= 0.3 is 6.36 Å². The van der Waals surface area contributed by atoms with Crippen molar-refractivity contribution in [3.63, 3.8) is 0 Å². The summed E-state index contributed by atoms with van der Waals surface area (Å²) in [6.07, 6.45) is -1.99. The Balaban J connectivity index is 2.07. The molecule has 0 aliphatic rings. The molecule has 0 bridgehead atoms. The van der Waals surface area contributed by atoms with Crippen LogP contribution in [0.1, 0.15) is 15.9 Å². The first-order valence-electron chi connectivity index (χ1n) is 6.21. The third-order valence-electron chi connectivity index (χ3n) is 2.67. The van der Waals surface area contributed by atoms with Crippen molar-refractivity contribution in [3.8, 4) is 11.5 Å². The molecule has 3 nitrogen and oxygen atoms in total. The van der Waals surface area contributed by atoms with Crippen molar-refractivity contribution in [2.24, 2.45) is 0 Å². The zero-order valence-electron chi connectivity index (χ0n) is 11.2. The second kappa shape index (κ2) is 6.34. The molecule has 114 valence electrons. The fourth-order valence-corrected chi connectivity index (χ4v) is 1.72. The summed E-state index contributed by atoms with van der Waals surface area (Å²) in [5.41, 5.74) is 0.858. The summed E-state index contributed by atoms with van der Waals surface area (Å²) in [6, 6.07) is 10.9. The van der Waals surface area contributed by atoms with Crippen molar-refractivity contribution in [3.05, 3.63) is 65.7 Å². The SMILES string of the molecule is O=C(/C=C/c1cccc(O)c1)c1ccc(OC(F)(F)F)cc1. The standard InChI is InChI=1S/C16H11F3O3/c17-16(18,19)22-14-7-5-12(6-8-14)15(21)9-4-11-2-1-3-13(20)10-11/h1-10,20H/b9-4+. The molecular formula is C16H11F3O3. The van der Waals surface area contributed by atoms with E-state index in [0.29, 0.717) is 5.56 Å². The molecule has 2 aromatic rings. The molecule has 1 N–H and O–H groups in total. The molecule has 22 heavy (non-hydrogen) atoms. The summed E-state index contributed by atoms with van der Waals surface area (Å²) in [4.78, 5) is 11.9. The van der Waals surface area contributed by atoms with Crippen LogP contribution in [0.15, 0.2) is 54.6 Å². The van der Waals surface area contributed by atoms with Crippen LogP contribution < -0.4 is 4.74 Å². The number of allylic oxidation sites excluding steroid dienone is 1. The highest BCUT2D eigenvalue weighted by Crippen LogP contribution is 2.23. The van der Waals surface area contributed by atoms with Crippen LogP contribution in [0.4, 0.5) is 13.2 Å². The third-order valence-corrected chi connectivity index (χ3v) is 2.67. The van der Waals surface area contributed by atoms with E-state index in [2.05, 4.69) is 4.74 Å². The van der Waals surface area contributed by atoms with Crippen LogP contribution in [0.3, 0.4) is 0 Å². The van der Waals surface area contributed by atoms with Crippen LogP contribution in [0.2, 0.25) is 0 Å². The fraction of sp³-hybridized carbons (Fsp3) is 0.0625. The lowest BCUT2D eigenvalue weighted by atomic mass is 10.1. The van der Waals surface area contributed by atoms with Gasteiger partial charge in [-0.25, -0.2) is 0 Å². The molecule has 0 heterocycles. The number of benzene rings is 2. The number of ketones is 1. The van der Waals surface area contributed by atoms with E-state index in [1.54, 1.807) is 12.1 Å². The van der Waals surface area contributed by atoms with Gasteiger partial charge in [0.2, 0.25) is 0 Å². The third kappa shape index (κ3) is 4.66. The second-order valence-electron chi connectivity index (χ2n) is 4.36. The van der Waals surface area contributed by atoms with Crippen molar-refractivity contribution in [1.29, 1.82) is 0 Å². The Morgan fingerprint density at radius 1 is 1.09 bits per heavy atom. The predicted molar refractivity (Wildman–Crippen MR) is 74.6 cm³/mol. The maximum absolute atomic E-state index is 12.0. The number of hydrogen-bond donors (Lipinski definition) is 1. The van der Waals surface area contributed by atoms with Gasteiger partial charge in [0.15, 0.2) is 5.78 Å². The smallest absolute Gasteiger partial charge is 0.508 e. The summed E-state index contributed by atoms with van der Waals surface area (Å²) in [5, 5.41) is 9.29. The van der Waals surface area contributed by atoms with Crippen LogP contribution in [0.5, 0.6) is 11.5 Å². The number of halogens is 3. The van der Waals surface area contributed by atoms with Crippen molar-refractivity contribution in [2.45, 2.75) is 6.36 Å². The average Bonchev–Trinajstić information content (AvgIpc) is 2.44. The first-order chi connectivity index (χ1) is 10.3. The van der Waals surface area contributed by atoms with Crippen molar-refractivity contribution < 1.29 is 27.8 Å². The van der Waals surface area contributed by atoms with Crippen LogP contribution in [0, 0.1) is 0 Å². The van der Waals surface area contributed by atoms with Gasteiger partial charge in [0.25, 0.3) is 0 Å². The Kier molecular flexibility index (Phi) is 4.50. The Labute approximate surface area is 124 Å². The Morgan fingerprint density at radius 2 is 1.77 bits per heavy atom. The molecule has 2 rings (SSSR count). The Hall–Kier alpha value is -2.76. The predicted octanol–water partition coefficient (Wildman–Crippen LogP) is 4.19. The van der Waals surface area contributed by atoms with Gasteiger partial charge in [-0.05, 0) is 48.0 Å². The number of phenolic OH excluding ortho intramolecular Hbond substituents is 1. The average molecular weight is 308 g/mol. The van der Waals surface area contributed by atoms with E-state index < -0.39 is 6.36 Å². The number of carbonyl (C=O) groups excluding carboxylic acids is 1. The number of aromatic hydroxyl groups is 1. The normalized spacial score (nSPS) is 11.6. The second-order valence-corrected chi connectivity index (χ2v) is 4.36. The number of alkyl halides is 3. The van der Waals surface area contributed by atoms with Gasteiger partial charge in [-0.15, -0.1) is 13.2 Å². The summed E-state index contributed by atoms with van der Waals surface area (Å²) < 4.78 is 39.8. The van der Waals surface area contributed by atoms with Crippen molar-refractivity contribution in [2.75, 3.05) is 0 Å². The minimum absolute atomic E-state index is 0.0725. The molecule has 0 radical (unpaired) electrons. The molecule has 2 aromatic carbocycles. The molecule has 0 saturated heterocycles. The quantitative estimate of drug-likeness (QED) is 0.680. The number of carbonyl (C=O) groups is 1. The molecule has 0 aliphatic heterocycles. The van der Waals surface area contributed by atoms with Crippen molar-refractivity contribution in [1.82, 2.24) is 0 Å². The molecule has 0 amide bonds. The summed E-state index contributed by atoms with van der Waals surface area (Å²) in [5.74, 6) is -0.689. The summed E-state index contributed by atoms with van der Waals surface area (Å²) in [6.45, 7) is 0. The van der Waals surface area contributed by atoms with E-state index in [0.717, 1.165) is 12.1 Å². The zero-order valence-corrected chi connectivity index (χ0v) is 11.2. The monoisotopic (exact) mass is 308 g/mol. The largest absolute Gasteiger partial charge is 0.573 e. The van der Waals surface area contributed by atoms with Crippen LogP contribution in [-0.2, 0) is 0 Å². The summed E-state index contributed by atoms with van der Waals surface area (Å²) in [7, 11) is 0. The molecule has 0 atom stereocenters. The van der Waals surface area contributed by atoms with Gasteiger partial charge in [0, 0.05) is 5.56 Å². The first-order valence-corrected chi connectivity index (χ1v) is 6.21. The van der Waals surface area contributed by atoms with Gasteiger partial charge in [-0.3, -0.25) is 4.79 Å².